The maximum Gasteiger partial charge on any atom is 0.165 e. The molecule has 0 aliphatic heterocycles. The number of nitrogens with one attached hydrogen (secondary N) is 2. The normalized spacial score (nSPS) is 27.0. The number of thioether (sulfide) groups is 1. The predicted molar refractivity (Wildman–Crippen MR) is 91.7 cm³/mol. The van der Waals surface area contributed by atoms with Crippen LogP contribution >= 0.6 is 11.8 Å². The summed E-state index contributed by atoms with van der Waals surface area (Å²) in [5, 5.41) is 5.46. The molecule has 3 nitrogen and oxygen atoms in total. The van der Waals surface area contributed by atoms with E-state index in [1.807, 2.05) is 24.2 Å². The second-order valence-corrected chi connectivity index (χ2v) is 8.19. The highest BCUT2D eigenvalue weighted by molar-refractivity contribution is 7.99. The van der Waals surface area contributed by atoms with Gasteiger partial charge in [0.15, 0.2) is 5.16 Å². The van der Waals surface area contributed by atoms with Crippen LogP contribution in [0, 0.1) is 11.3 Å². The molecular weight excluding hydrogens is 278 g/mol. The van der Waals surface area contributed by atoms with Gasteiger partial charge in [-0.25, -0.2) is 4.98 Å². The lowest BCUT2D eigenvalue weighted by atomic mass is 9.68. The fourth-order valence-corrected chi connectivity index (χ4v) is 4.55. The molecule has 1 aliphatic carbocycles. The minimum atomic E-state index is 0.456. The summed E-state index contributed by atoms with van der Waals surface area (Å²) in [6.45, 7) is 10.6. The van der Waals surface area contributed by atoms with E-state index >= 15 is 0 Å². The molecule has 0 saturated heterocycles. The first-order valence-electron chi connectivity index (χ1n) is 8.46. The quantitative estimate of drug-likeness (QED) is 0.780. The molecule has 0 bridgehead atoms. The van der Waals surface area contributed by atoms with Crippen molar-refractivity contribution in [2.45, 2.75) is 76.2 Å². The molecule has 1 aromatic rings. The van der Waals surface area contributed by atoms with Gasteiger partial charge in [0.1, 0.15) is 0 Å². The molecule has 120 valence electrons. The van der Waals surface area contributed by atoms with Gasteiger partial charge in [-0.3, -0.25) is 0 Å². The van der Waals surface area contributed by atoms with Crippen molar-refractivity contribution in [3.8, 4) is 0 Å². The van der Waals surface area contributed by atoms with Crippen LogP contribution in [0.1, 0.15) is 59.8 Å². The van der Waals surface area contributed by atoms with Gasteiger partial charge < -0.3 is 10.3 Å². The minimum absolute atomic E-state index is 0.456. The van der Waals surface area contributed by atoms with Gasteiger partial charge >= 0.3 is 0 Å². The van der Waals surface area contributed by atoms with E-state index in [9.17, 15) is 0 Å². The number of H-pyrrole nitrogens is 1. The summed E-state index contributed by atoms with van der Waals surface area (Å²) < 4.78 is 0. The van der Waals surface area contributed by atoms with Gasteiger partial charge in [0, 0.05) is 23.7 Å². The smallest absolute Gasteiger partial charge is 0.165 e. The lowest BCUT2D eigenvalue weighted by Gasteiger charge is -2.43. The van der Waals surface area contributed by atoms with Crippen LogP contribution in [0.25, 0.3) is 0 Å². The third-order valence-electron chi connectivity index (χ3n) is 5.20. The van der Waals surface area contributed by atoms with Crippen LogP contribution in [-0.4, -0.2) is 27.8 Å². The molecule has 1 aliphatic rings. The van der Waals surface area contributed by atoms with E-state index in [-0.39, 0.29) is 0 Å². The second kappa shape index (κ2) is 7.68. The Kier molecular flexibility index (Phi) is 6.18. The molecule has 0 aromatic carbocycles. The molecule has 1 saturated carbocycles. The van der Waals surface area contributed by atoms with Crippen molar-refractivity contribution in [3.63, 3.8) is 0 Å². The van der Waals surface area contributed by atoms with E-state index in [4.69, 9.17) is 0 Å². The maximum atomic E-state index is 4.41. The van der Waals surface area contributed by atoms with E-state index in [2.05, 4.69) is 43.0 Å². The maximum absolute atomic E-state index is 4.41. The van der Waals surface area contributed by atoms with E-state index in [0.29, 0.717) is 16.7 Å². The van der Waals surface area contributed by atoms with E-state index in [0.717, 1.165) is 17.6 Å². The zero-order chi connectivity index (χ0) is 15.3. The topological polar surface area (TPSA) is 40.7 Å². The molecule has 0 amide bonds. The summed E-state index contributed by atoms with van der Waals surface area (Å²) >= 11 is 1.93. The Morgan fingerprint density at radius 3 is 2.81 bits per heavy atom. The molecule has 3 unspecified atom stereocenters. The Morgan fingerprint density at radius 1 is 1.38 bits per heavy atom. The minimum Gasteiger partial charge on any atom is -0.340 e. The molecule has 1 heterocycles. The van der Waals surface area contributed by atoms with Gasteiger partial charge in [0.2, 0.25) is 0 Å². The fraction of sp³-hybridized carbons (Fsp3) is 0.824. The number of rotatable bonds is 7. The van der Waals surface area contributed by atoms with Gasteiger partial charge in [0.25, 0.3) is 0 Å². The van der Waals surface area contributed by atoms with Crippen LogP contribution in [0.5, 0.6) is 0 Å². The molecule has 21 heavy (non-hydrogen) atoms. The number of aromatic nitrogens is 2. The first-order valence-corrected chi connectivity index (χ1v) is 9.34. The number of imidazole rings is 1. The molecule has 0 radical (unpaired) electrons. The van der Waals surface area contributed by atoms with Crippen molar-refractivity contribution < 1.29 is 0 Å². The van der Waals surface area contributed by atoms with Crippen LogP contribution < -0.4 is 5.32 Å². The average molecular weight is 310 g/mol. The molecular formula is C17H31N3S. The largest absolute Gasteiger partial charge is 0.340 e. The lowest BCUT2D eigenvalue weighted by Crippen LogP contribution is -2.45. The van der Waals surface area contributed by atoms with Gasteiger partial charge in [-0.15, -0.1) is 0 Å². The Hall–Kier alpha value is -0.480. The zero-order valence-electron chi connectivity index (χ0n) is 14.0. The van der Waals surface area contributed by atoms with E-state index in [1.54, 1.807) is 0 Å². The Bertz CT molecular complexity index is 402. The van der Waals surface area contributed by atoms with Crippen LogP contribution in [0.3, 0.4) is 0 Å². The average Bonchev–Trinajstić information content (AvgIpc) is 2.98. The van der Waals surface area contributed by atoms with Gasteiger partial charge in [-0.1, -0.05) is 45.9 Å². The molecule has 4 heteroatoms. The van der Waals surface area contributed by atoms with Crippen molar-refractivity contribution in [2.75, 3.05) is 6.54 Å². The third-order valence-corrected chi connectivity index (χ3v) is 6.47. The summed E-state index contributed by atoms with van der Waals surface area (Å²) in [5.41, 5.74) is 0.456. The number of hydrogen-bond donors (Lipinski definition) is 2. The summed E-state index contributed by atoms with van der Waals surface area (Å²) in [5.74, 6) is 0.828. The fourth-order valence-electron chi connectivity index (χ4n) is 3.28. The lowest BCUT2D eigenvalue weighted by molar-refractivity contribution is 0.141. The highest BCUT2D eigenvalue weighted by Gasteiger charge is 2.37. The standard InChI is InChI=1S/C17H31N3S/c1-5-9-18-14-8-7-13(17(3,4)6-2)12-15(14)21-16-19-10-11-20-16/h10-11,13-15,18H,5-9,12H2,1-4H3,(H,19,20). The molecule has 0 spiro atoms. The van der Waals surface area contributed by atoms with Crippen molar-refractivity contribution in [1.82, 2.24) is 15.3 Å². The Balaban J connectivity index is 2.03. The Morgan fingerprint density at radius 2 is 2.19 bits per heavy atom. The number of nitrogens with zero attached hydrogens (tertiary/aromatic N) is 1. The molecule has 2 N–H and O–H groups in total. The molecule has 1 aromatic heterocycles. The number of hydrogen-bond acceptors (Lipinski definition) is 3. The first-order chi connectivity index (χ1) is 10.1. The number of aromatic amines is 1. The highest BCUT2D eigenvalue weighted by Crippen LogP contribution is 2.44. The van der Waals surface area contributed by atoms with Crippen molar-refractivity contribution >= 4 is 11.8 Å². The van der Waals surface area contributed by atoms with Gasteiger partial charge in [0.05, 0.1) is 0 Å². The SMILES string of the molecule is CCCNC1CCC(C(C)(C)CC)CC1Sc1ncc[nH]1. The predicted octanol–water partition coefficient (Wildman–Crippen LogP) is 4.47. The van der Waals surface area contributed by atoms with E-state index < -0.39 is 0 Å². The zero-order valence-corrected chi connectivity index (χ0v) is 14.8. The Labute approximate surface area is 134 Å². The first kappa shape index (κ1) is 16.9. The van der Waals surface area contributed by atoms with Gasteiger partial charge in [-0.2, -0.15) is 0 Å². The molecule has 3 atom stereocenters. The molecule has 1 fully saturated rings. The van der Waals surface area contributed by atoms with Crippen molar-refractivity contribution in [2.24, 2.45) is 11.3 Å². The summed E-state index contributed by atoms with van der Waals surface area (Å²) in [6, 6.07) is 0.629. The highest BCUT2D eigenvalue weighted by atomic mass is 32.2. The van der Waals surface area contributed by atoms with Crippen molar-refractivity contribution in [1.29, 1.82) is 0 Å². The van der Waals surface area contributed by atoms with E-state index in [1.165, 1.54) is 32.1 Å². The van der Waals surface area contributed by atoms with Crippen LogP contribution in [-0.2, 0) is 0 Å². The monoisotopic (exact) mass is 309 g/mol. The van der Waals surface area contributed by atoms with Crippen molar-refractivity contribution in [3.05, 3.63) is 12.4 Å². The van der Waals surface area contributed by atoms with Crippen LogP contribution in [0.2, 0.25) is 0 Å². The summed E-state index contributed by atoms with van der Waals surface area (Å²) in [4.78, 5) is 7.66. The van der Waals surface area contributed by atoms with Gasteiger partial charge in [-0.05, 0) is 43.6 Å². The summed E-state index contributed by atoms with van der Waals surface area (Å²) in [6.07, 6.45) is 10.2. The third kappa shape index (κ3) is 4.49. The second-order valence-electron chi connectivity index (χ2n) is 6.96. The van der Waals surface area contributed by atoms with Crippen LogP contribution in [0.4, 0.5) is 0 Å². The van der Waals surface area contributed by atoms with Crippen LogP contribution in [0.15, 0.2) is 17.6 Å². The summed E-state index contributed by atoms with van der Waals surface area (Å²) in [7, 11) is 0. The molecule has 2 rings (SSSR count).